The Labute approximate surface area is 80.0 Å². The first-order chi connectivity index (χ1) is 6.40. The van der Waals surface area contributed by atoms with Crippen LogP contribution in [0.5, 0.6) is 0 Å². The van der Waals surface area contributed by atoms with Crippen molar-refractivity contribution in [3.63, 3.8) is 0 Å². The van der Waals surface area contributed by atoms with Gasteiger partial charge in [0.2, 0.25) is 0 Å². The monoisotopic (exact) mass is 178 g/mol. The van der Waals surface area contributed by atoms with Crippen LogP contribution >= 0.6 is 0 Å². The lowest BCUT2D eigenvalue weighted by Gasteiger charge is -2.19. The average Bonchev–Trinajstić information content (AvgIpc) is 2.67. The zero-order valence-electron chi connectivity index (χ0n) is 8.37. The minimum Gasteiger partial charge on any atom is -0.337 e. The van der Waals surface area contributed by atoms with Gasteiger partial charge in [0.1, 0.15) is 0 Å². The van der Waals surface area contributed by atoms with E-state index < -0.39 is 0 Å². The number of aromatic nitrogens is 2. The van der Waals surface area contributed by atoms with Crippen molar-refractivity contribution in [1.29, 1.82) is 0 Å². The largest absolute Gasteiger partial charge is 0.337 e. The number of imidazole rings is 1. The highest BCUT2D eigenvalue weighted by molar-refractivity contribution is 5.05. The van der Waals surface area contributed by atoms with Gasteiger partial charge in [0.05, 0.1) is 12.0 Å². The van der Waals surface area contributed by atoms with E-state index in [1.165, 1.54) is 37.8 Å². The summed E-state index contributed by atoms with van der Waals surface area (Å²) in [6.07, 6.45) is 11.1. The molecular formula is C11H18N2. The Balaban J connectivity index is 2.05. The molecule has 0 bridgehead atoms. The molecule has 1 aromatic heterocycles. The molecule has 1 aliphatic carbocycles. The minimum atomic E-state index is 0.751. The van der Waals surface area contributed by atoms with Crippen molar-refractivity contribution in [2.45, 2.75) is 51.5 Å². The molecule has 2 heteroatoms. The number of rotatable bonds is 2. The number of aryl methyl sites for hydroxylation is 1. The number of hydrogen-bond acceptors (Lipinski definition) is 1. The molecule has 2 nitrogen and oxygen atoms in total. The quantitative estimate of drug-likeness (QED) is 0.680. The van der Waals surface area contributed by atoms with E-state index >= 15 is 0 Å². The zero-order chi connectivity index (χ0) is 9.10. The molecule has 2 rings (SSSR count). The summed E-state index contributed by atoms with van der Waals surface area (Å²) < 4.78 is 2.17. The lowest BCUT2D eigenvalue weighted by atomic mass is 9.87. The fourth-order valence-corrected chi connectivity index (χ4v) is 2.16. The highest BCUT2D eigenvalue weighted by atomic mass is 15.0. The van der Waals surface area contributed by atoms with E-state index in [-0.39, 0.29) is 0 Å². The lowest BCUT2D eigenvalue weighted by molar-refractivity contribution is 0.437. The van der Waals surface area contributed by atoms with Crippen LogP contribution < -0.4 is 0 Å². The SMILES string of the molecule is CCn1cnc(C2CCCCC2)c1. The standard InChI is InChI=1S/C11H18N2/c1-2-13-8-11(12-9-13)10-6-4-3-5-7-10/h8-10H,2-7H2,1H3. The fourth-order valence-electron chi connectivity index (χ4n) is 2.16. The van der Waals surface area contributed by atoms with Crippen LogP contribution in [0.15, 0.2) is 12.5 Å². The van der Waals surface area contributed by atoms with Crippen LogP contribution in [-0.4, -0.2) is 9.55 Å². The molecule has 0 atom stereocenters. The van der Waals surface area contributed by atoms with Gasteiger partial charge in [0, 0.05) is 18.7 Å². The van der Waals surface area contributed by atoms with E-state index in [9.17, 15) is 0 Å². The van der Waals surface area contributed by atoms with E-state index in [4.69, 9.17) is 0 Å². The predicted molar refractivity (Wildman–Crippen MR) is 53.7 cm³/mol. The third-order valence-electron chi connectivity index (χ3n) is 3.04. The molecule has 1 heterocycles. The van der Waals surface area contributed by atoms with Crippen molar-refractivity contribution in [3.8, 4) is 0 Å². The molecule has 0 aliphatic heterocycles. The highest BCUT2D eigenvalue weighted by Crippen LogP contribution is 2.31. The highest BCUT2D eigenvalue weighted by Gasteiger charge is 2.17. The topological polar surface area (TPSA) is 17.8 Å². The van der Waals surface area contributed by atoms with Gasteiger partial charge in [-0.2, -0.15) is 0 Å². The van der Waals surface area contributed by atoms with Gasteiger partial charge in [0.15, 0.2) is 0 Å². The van der Waals surface area contributed by atoms with E-state index in [0.717, 1.165) is 12.5 Å². The molecule has 1 fully saturated rings. The summed E-state index contributed by atoms with van der Waals surface area (Å²) in [6.45, 7) is 3.20. The number of nitrogens with zero attached hydrogens (tertiary/aromatic N) is 2. The summed E-state index contributed by atoms with van der Waals surface area (Å²) in [4.78, 5) is 4.47. The van der Waals surface area contributed by atoms with Gasteiger partial charge >= 0.3 is 0 Å². The summed E-state index contributed by atoms with van der Waals surface area (Å²) in [7, 11) is 0. The van der Waals surface area contributed by atoms with Crippen LogP contribution in [0.4, 0.5) is 0 Å². The minimum absolute atomic E-state index is 0.751. The zero-order valence-corrected chi connectivity index (χ0v) is 8.37. The van der Waals surface area contributed by atoms with Crippen LogP contribution in [0.25, 0.3) is 0 Å². The molecule has 0 saturated heterocycles. The molecule has 0 aromatic carbocycles. The van der Waals surface area contributed by atoms with Crippen molar-refractivity contribution in [1.82, 2.24) is 9.55 Å². The Kier molecular flexibility index (Phi) is 2.67. The molecule has 72 valence electrons. The van der Waals surface area contributed by atoms with Crippen LogP contribution in [0.2, 0.25) is 0 Å². The van der Waals surface area contributed by atoms with Gasteiger partial charge in [-0.25, -0.2) is 4.98 Å². The van der Waals surface area contributed by atoms with Crippen LogP contribution in [0.1, 0.15) is 50.6 Å². The maximum absolute atomic E-state index is 4.47. The van der Waals surface area contributed by atoms with Gasteiger partial charge in [0.25, 0.3) is 0 Å². The second kappa shape index (κ2) is 3.95. The van der Waals surface area contributed by atoms with Crippen molar-refractivity contribution in [3.05, 3.63) is 18.2 Å². The molecule has 1 saturated carbocycles. The normalized spacial score (nSPS) is 19.2. The molecule has 13 heavy (non-hydrogen) atoms. The maximum atomic E-state index is 4.47. The van der Waals surface area contributed by atoms with Gasteiger partial charge < -0.3 is 4.57 Å². The van der Waals surface area contributed by atoms with E-state index in [0.29, 0.717) is 0 Å². The molecule has 1 aromatic rings. The van der Waals surface area contributed by atoms with Gasteiger partial charge in [-0.05, 0) is 19.8 Å². The smallest absolute Gasteiger partial charge is 0.0949 e. The summed E-state index contributed by atoms with van der Waals surface area (Å²) in [5.41, 5.74) is 1.32. The van der Waals surface area contributed by atoms with Gasteiger partial charge in [-0.1, -0.05) is 19.3 Å². The summed E-state index contributed by atoms with van der Waals surface area (Å²) in [5, 5.41) is 0. The molecular weight excluding hydrogens is 160 g/mol. The van der Waals surface area contributed by atoms with Gasteiger partial charge in [-0.3, -0.25) is 0 Å². The molecule has 0 amide bonds. The van der Waals surface area contributed by atoms with Crippen LogP contribution in [-0.2, 0) is 6.54 Å². The summed E-state index contributed by atoms with van der Waals surface area (Å²) >= 11 is 0. The van der Waals surface area contributed by atoms with Crippen molar-refractivity contribution in [2.75, 3.05) is 0 Å². The van der Waals surface area contributed by atoms with E-state index in [1.807, 2.05) is 6.33 Å². The van der Waals surface area contributed by atoms with Crippen molar-refractivity contribution in [2.24, 2.45) is 0 Å². The number of hydrogen-bond donors (Lipinski definition) is 0. The Hall–Kier alpha value is -0.790. The fraction of sp³-hybridized carbons (Fsp3) is 0.727. The van der Waals surface area contributed by atoms with Crippen LogP contribution in [0, 0.1) is 0 Å². The molecule has 0 spiro atoms. The average molecular weight is 178 g/mol. The Morgan fingerprint density at radius 3 is 2.77 bits per heavy atom. The first-order valence-corrected chi connectivity index (χ1v) is 5.42. The first-order valence-electron chi connectivity index (χ1n) is 5.42. The van der Waals surface area contributed by atoms with E-state index in [2.05, 4.69) is 22.7 Å². The third kappa shape index (κ3) is 1.93. The third-order valence-corrected chi connectivity index (χ3v) is 3.04. The molecule has 0 N–H and O–H groups in total. The Morgan fingerprint density at radius 2 is 2.15 bits per heavy atom. The predicted octanol–water partition coefficient (Wildman–Crippen LogP) is 2.95. The molecule has 0 unspecified atom stereocenters. The molecule has 0 radical (unpaired) electrons. The lowest BCUT2D eigenvalue weighted by Crippen LogP contribution is -2.04. The Morgan fingerprint density at radius 1 is 1.38 bits per heavy atom. The Bertz CT molecular complexity index is 259. The van der Waals surface area contributed by atoms with Crippen molar-refractivity contribution < 1.29 is 0 Å². The van der Waals surface area contributed by atoms with E-state index in [1.54, 1.807) is 0 Å². The van der Waals surface area contributed by atoms with Crippen LogP contribution in [0.3, 0.4) is 0 Å². The first kappa shape index (κ1) is 8.79. The summed E-state index contributed by atoms with van der Waals surface area (Å²) in [6, 6.07) is 0. The van der Waals surface area contributed by atoms with Gasteiger partial charge in [-0.15, -0.1) is 0 Å². The summed E-state index contributed by atoms with van der Waals surface area (Å²) in [5.74, 6) is 0.751. The second-order valence-corrected chi connectivity index (χ2v) is 3.96. The van der Waals surface area contributed by atoms with Crippen molar-refractivity contribution >= 4 is 0 Å². The maximum Gasteiger partial charge on any atom is 0.0949 e. The molecule has 1 aliphatic rings. The second-order valence-electron chi connectivity index (χ2n) is 3.96.